The highest BCUT2D eigenvalue weighted by atomic mass is 15.2. The molecule has 17 heavy (non-hydrogen) atoms. The van der Waals surface area contributed by atoms with Crippen molar-refractivity contribution < 1.29 is 0 Å². The molecule has 1 saturated carbocycles. The second-order valence-electron chi connectivity index (χ2n) is 6.45. The number of fused-ring (bicyclic) bond motifs is 1. The number of hydrogen-bond donors (Lipinski definition) is 1. The van der Waals surface area contributed by atoms with Crippen LogP contribution in [0.25, 0.3) is 0 Å². The fourth-order valence-electron chi connectivity index (χ4n) is 3.44. The largest absolute Gasteiger partial charge is 0.398 e. The van der Waals surface area contributed by atoms with Crippen LogP contribution in [0.2, 0.25) is 0 Å². The highest BCUT2D eigenvalue weighted by Crippen LogP contribution is 2.42. The third kappa shape index (κ3) is 1.95. The molecule has 1 heterocycles. The molecule has 1 unspecified atom stereocenters. The Bertz CT molecular complexity index is 437. The summed E-state index contributed by atoms with van der Waals surface area (Å²) in [6.45, 7) is 6.94. The minimum absolute atomic E-state index is 0.533. The van der Waals surface area contributed by atoms with E-state index in [1.54, 1.807) is 0 Å². The molecule has 2 aliphatic rings. The topological polar surface area (TPSA) is 29.3 Å². The Morgan fingerprint density at radius 1 is 1.29 bits per heavy atom. The number of hydrogen-bond acceptors (Lipinski definition) is 2. The quantitative estimate of drug-likeness (QED) is 0.751. The molecule has 0 saturated heterocycles. The van der Waals surface area contributed by atoms with Gasteiger partial charge >= 0.3 is 0 Å². The van der Waals surface area contributed by atoms with Crippen molar-refractivity contribution in [1.29, 1.82) is 0 Å². The second kappa shape index (κ2) is 3.74. The Labute approximate surface area is 104 Å². The van der Waals surface area contributed by atoms with Gasteiger partial charge in [0.15, 0.2) is 0 Å². The normalized spacial score (nSPS) is 27.3. The fraction of sp³-hybridized carbons (Fsp3) is 0.600. The maximum Gasteiger partial charge on any atom is 0.0363 e. The fourth-order valence-corrected chi connectivity index (χ4v) is 3.44. The number of benzene rings is 1. The van der Waals surface area contributed by atoms with E-state index in [0.29, 0.717) is 5.41 Å². The zero-order valence-electron chi connectivity index (χ0n) is 10.9. The lowest BCUT2D eigenvalue weighted by Gasteiger charge is -2.25. The molecule has 1 atom stereocenters. The number of anilines is 1. The van der Waals surface area contributed by atoms with E-state index in [2.05, 4.69) is 30.9 Å². The third-order valence-corrected chi connectivity index (χ3v) is 4.50. The molecule has 92 valence electrons. The molecular weight excluding hydrogens is 208 g/mol. The van der Waals surface area contributed by atoms with E-state index in [-0.39, 0.29) is 0 Å². The third-order valence-electron chi connectivity index (χ3n) is 4.50. The van der Waals surface area contributed by atoms with Gasteiger partial charge in [0.2, 0.25) is 0 Å². The molecule has 2 N–H and O–H groups in total. The summed E-state index contributed by atoms with van der Waals surface area (Å²) in [5.74, 6) is 0. The smallest absolute Gasteiger partial charge is 0.0363 e. The average molecular weight is 230 g/mol. The minimum Gasteiger partial charge on any atom is -0.398 e. The molecule has 0 amide bonds. The van der Waals surface area contributed by atoms with E-state index in [1.165, 1.54) is 30.4 Å². The standard InChI is InChI=1S/C15H22N2/c1-15(2)7-6-12(8-15)17-9-11-4-3-5-14(16)13(11)10-17/h3-5,12H,6-10,16H2,1-2H3. The summed E-state index contributed by atoms with van der Waals surface area (Å²) in [7, 11) is 0. The van der Waals surface area contributed by atoms with Crippen LogP contribution in [0.5, 0.6) is 0 Å². The van der Waals surface area contributed by atoms with Crippen molar-refractivity contribution in [2.24, 2.45) is 5.41 Å². The van der Waals surface area contributed by atoms with E-state index in [0.717, 1.165) is 24.8 Å². The molecule has 1 aromatic rings. The molecule has 1 fully saturated rings. The van der Waals surface area contributed by atoms with Crippen LogP contribution in [0, 0.1) is 5.41 Å². The Morgan fingerprint density at radius 3 is 2.76 bits per heavy atom. The molecule has 0 spiro atoms. The van der Waals surface area contributed by atoms with Gasteiger partial charge in [0.25, 0.3) is 0 Å². The van der Waals surface area contributed by atoms with Crippen LogP contribution >= 0.6 is 0 Å². The van der Waals surface area contributed by atoms with Gasteiger partial charge in [-0.3, -0.25) is 4.90 Å². The zero-order chi connectivity index (χ0) is 12.0. The van der Waals surface area contributed by atoms with Gasteiger partial charge in [0.1, 0.15) is 0 Å². The van der Waals surface area contributed by atoms with Crippen molar-refractivity contribution in [1.82, 2.24) is 4.90 Å². The molecule has 2 nitrogen and oxygen atoms in total. The summed E-state index contributed by atoms with van der Waals surface area (Å²) in [4.78, 5) is 2.62. The van der Waals surface area contributed by atoms with Crippen LogP contribution in [0.4, 0.5) is 5.69 Å². The highest BCUT2D eigenvalue weighted by molar-refractivity contribution is 5.52. The monoisotopic (exact) mass is 230 g/mol. The van der Waals surface area contributed by atoms with Crippen LogP contribution in [-0.2, 0) is 13.1 Å². The van der Waals surface area contributed by atoms with Crippen molar-refractivity contribution in [3.05, 3.63) is 29.3 Å². The van der Waals surface area contributed by atoms with Gasteiger partial charge in [0, 0.05) is 24.8 Å². The van der Waals surface area contributed by atoms with Gasteiger partial charge in [0.05, 0.1) is 0 Å². The van der Waals surface area contributed by atoms with E-state index in [4.69, 9.17) is 5.73 Å². The van der Waals surface area contributed by atoms with E-state index < -0.39 is 0 Å². The molecule has 0 radical (unpaired) electrons. The maximum atomic E-state index is 6.06. The van der Waals surface area contributed by atoms with Crippen molar-refractivity contribution in [2.75, 3.05) is 5.73 Å². The van der Waals surface area contributed by atoms with Crippen LogP contribution in [-0.4, -0.2) is 10.9 Å². The van der Waals surface area contributed by atoms with Gasteiger partial charge in [-0.15, -0.1) is 0 Å². The number of nitrogens with two attached hydrogens (primary N) is 1. The minimum atomic E-state index is 0.533. The number of rotatable bonds is 1. The predicted molar refractivity (Wildman–Crippen MR) is 71.5 cm³/mol. The average Bonchev–Trinajstić information content (AvgIpc) is 2.82. The van der Waals surface area contributed by atoms with Crippen LogP contribution < -0.4 is 5.73 Å². The van der Waals surface area contributed by atoms with Gasteiger partial charge in [-0.1, -0.05) is 26.0 Å². The lowest BCUT2D eigenvalue weighted by Crippen LogP contribution is -2.29. The first kappa shape index (κ1) is 11.1. The first-order valence-corrected chi connectivity index (χ1v) is 6.65. The molecule has 3 rings (SSSR count). The van der Waals surface area contributed by atoms with E-state index in [1.807, 2.05) is 6.07 Å². The maximum absolute atomic E-state index is 6.06. The second-order valence-corrected chi connectivity index (χ2v) is 6.45. The molecule has 2 heteroatoms. The summed E-state index contributed by atoms with van der Waals surface area (Å²) in [6.07, 6.45) is 4.04. The van der Waals surface area contributed by atoms with E-state index >= 15 is 0 Å². The lowest BCUT2D eigenvalue weighted by atomic mass is 9.91. The van der Waals surface area contributed by atoms with Crippen molar-refractivity contribution in [3.63, 3.8) is 0 Å². The molecule has 0 bridgehead atoms. The van der Waals surface area contributed by atoms with Crippen molar-refractivity contribution in [2.45, 2.75) is 52.2 Å². The van der Waals surface area contributed by atoms with Crippen LogP contribution in [0.15, 0.2) is 18.2 Å². The summed E-state index contributed by atoms with van der Waals surface area (Å²) >= 11 is 0. The first-order chi connectivity index (χ1) is 8.05. The van der Waals surface area contributed by atoms with Gasteiger partial charge in [-0.2, -0.15) is 0 Å². The Balaban J connectivity index is 1.77. The first-order valence-electron chi connectivity index (χ1n) is 6.65. The van der Waals surface area contributed by atoms with Gasteiger partial charge < -0.3 is 5.73 Å². The number of nitrogens with zero attached hydrogens (tertiary/aromatic N) is 1. The molecular formula is C15H22N2. The van der Waals surface area contributed by atoms with Gasteiger partial charge in [-0.25, -0.2) is 0 Å². The molecule has 1 aromatic carbocycles. The van der Waals surface area contributed by atoms with Gasteiger partial charge in [-0.05, 0) is 41.9 Å². The van der Waals surface area contributed by atoms with Crippen molar-refractivity contribution in [3.8, 4) is 0 Å². The summed E-state index contributed by atoms with van der Waals surface area (Å²) in [5, 5.41) is 0. The summed E-state index contributed by atoms with van der Waals surface area (Å²) < 4.78 is 0. The Morgan fingerprint density at radius 2 is 2.12 bits per heavy atom. The Hall–Kier alpha value is -1.02. The molecule has 0 aromatic heterocycles. The van der Waals surface area contributed by atoms with Crippen LogP contribution in [0.1, 0.15) is 44.2 Å². The van der Waals surface area contributed by atoms with Crippen LogP contribution in [0.3, 0.4) is 0 Å². The zero-order valence-corrected chi connectivity index (χ0v) is 10.9. The SMILES string of the molecule is CC1(C)CCC(N2Cc3cccc(N)c3C2)C1. The summed E-state index contributed by atoms with van der Waals surface area (Å²) in [6, 6.07) is 7.10. The van der Waals surface area contributed by atoms with E-state index in [9.17, 15) is 0 Å². The number of nitrogen functional groups attached to an aromatic ring is 1. The lowest BCUT2D eigenvalue weighted by molar-refractivity contribution is 0.188. The molecule has 1 aliphatic carbocycles. The van der Waals surface area contributed by atoms with Crippen molar-refractivity contribution >= 4 is 5.69 Å². The highest BCUT2D eigenvalue weighted by Gasteiger charge is 2.36. The summed E-state index contributed by atoms with van der Waals surface area (Å²) in [5.41, 5.74) is 10.4. The molecule has 1 aliphatic heterocycles. The predicted octanol–water partition coefficient (Wildman–Crippen LogP) is 3.16. The Kier molecular flexibility index (Phi) is 2.44.